The van der Waals surface area contributed by atoms with Crippen LogP contribution >= 0.6 is 0 Å². The van der Waals surface area contributed by atoms with Crippen molar-refractivity contribution >= 4 is 0 Å². The van der Waals surface area contributed by atoms with Crippen LogP contribution in [0.3, 0.4) is 0 Å². The highest BCUT2D eigenvalue weighted by atomic mass is 15.3. The maximum Gasteiger partial charge on any atom is 0.0126 e. The zero-order valence-corrected chi connectivity index (χ0v) is 32.2. The van der Waals surface area contributed by atoms with Crippen molar-refractivity contribution < 1.29 is 0 Å². The molecule has 0 spiro atoms. The molecule has 0 bridgehead atoms. The third-order valence-electron chi connectivity index (χ3n) is 9.53. The average Bonchev–Trinajstić information content (AvgIpc) is 2.82. The first-order valence-electron chi connectivity index (χ1n) is 17.1. The first-order chi connectivity index (χ1) is 18.6. The third kappa shape index (κ3) is 13.8. The minimum atomic E-state index is 0.337. The lowest BCUT2D eigenvalue weighted by Crippen LogP contribution is -2.57. The molecule has 3 heterocycles. The second kappa shape index (κ2) is 14.9. The van der Waals surface area contributed by atoms with Crippen LogP contribution < -0.4 is 0 Å². The van der Waals surface area contributed by atoms with Crippen molar-refractivity contribution in [1.82, 2.24) is 29.4 Å². The molecule has 0 N–H and O–H groups in total. The number of nitrogens with zero attached hydrogens (tertiary/aromatic N) is 6. The van der Waals surface area contributed by atoms with E-state index in [1.165, 1.54) is 78.5 Å². The van der Waals surface area contributed by atoms with Gasteiger partial charge in [-0.1, -0.05) is 0 Å². The lowest BCUT2D eigenvalue weighted by Gasteiger charge is -2.46. The SMILES string of the molecule is CC(C)(C)N1CCN(C(C)(C)C)CC1.CC(C)(C)N1CCN(C(C)(C)C)CC1.CC(C)(C)N1CCN(C(C)(C)C)CC1. The van der Waals surface area contributed by atoms with Crippen LogP contribution in [0.15, 0.2) is 0 Å². The van der Waals surface area contributed by atoms with Crippen LogP contribution in [0.5, 0.6) is 0 Å². The van der Waals surface area contributed by atoms with Gasteiger partial charge in [0.05, 0.1) is 0 Å². The predicted molar refractivity (Wildman–Crippen MR) is 188 cm³/mol. The number of hydrogen-bond acceptors (Lipinski definition) is 6. The van der Waals surface area contributed by atoms with Gasteiger partial charge in [-0.2, -0.15) is 0 Å². The average molecular weight is 595 g/mol. The smallest absolute Gasteiger partial charge is 0.0126 e. The van der Waals surface area contributed by atoms with Gasteiger partial charge in [0.2, 0.25) is 0 Å². The minimum Gasteiger partial charge on any atom is -0.296 e. The third-order valence-corrected chi connectivity index (χ3v) is 9.53. The molecule has 3 saturated heterocycles. The van der Waals surface area contributed by atoms with Crippen LogP contribution in [-0.4, -0.2) is 141 Å². The molecule has 6 heteroatoms. The molecule has 0 aromatic rings. The van der Waals surface area contributed by atoms with E-state index >= 15 is 0 Å². The van der Waals surface area contributed by atoms with Gasteiger partial charge in [-0.15, -0.1) is 0 Å². The molecule has 0 radical (unpaired) electrons. The summed E-state index contributed by atoms with van der Waals surface area (Å²) in [5.74, 6) is 0. The zero-order chi connectivity index (χ0) is 32.9. The van der Waals surface area contributed by atoms with Crippen molar-refractivity contribution in [3.8, 4) is 0 Å². The van der Waals surface area contributed by atoms with Crippen LogP contribution in [0.25, 0.3) is 0 Å². The highest BCUT2D eigenvalue weighted by Crippen LogP contribution is 2.23. The molecule has 3 rings (SSSR count). The molecule has 0 atom stereocenters. The molecule has 0 aliphatic carbocycles. The molecule has 6 nitrogen and oxygen atoms in total. The molecular weight excluding hydrogens is 516 g/mol. The first kappa shape index (κ1) is 39.8. The molecule has 3 aliphatic rings. The van der Waals surface area contributed by atoms with Crippen molar-refractivity contribution in [2.45, 2.75) is 158 Å². The number of piperazine rings is 3. The van der Waals surface area contributed by atoms with Crippen LogP contribution in [0.1, 0.15) is 125 Å². The maximum absolute atomic E-state index is 2.58. The summed E-state index contributed by atoms with van der Waals surface area (Å²) < 4.78 is 0. The van der Waals surface area contributed by atoms with E-state index in [9.17, 15) is 0 Å². The van der Waals surface area contributed by atoms with Gasteiger partial charge >= 0.3 is 0 Å². The van der Waals surface area contributed by atoms with Crippen LogP contribution in [0.2, 0.25) is 0 Å². The molecule has 0 aromatic carbocycles. The quantitative estimate of drug-likeness (QED) is 0.312. The Hall–Kier alpha value is -0.240. The Labute approximate surface area is 265 Å². The van der Waals surface area contributed by atoms with Gasteiger partial charge < -0.3 is 0 Å². The standard InChI is InChI=1S/3C12H26N2/c3*1-11(2,3)13-7-9-14(10-8-13)12(4,5)6/h3*7-10H2,1-6H3. The molecule has 3 fully saturated rings. The minimum absolute atomic E-state index is 0.337. The fourth-order valence-electron chi connectivity index (χ4n) is 6.14. The summed E-state index contributed by atoms with van der Waals surface area (Å²) in [4.78, 5) is 15.5. The molecule has 0 amide bonds. The van der Waals surface area contributed by atoms with Crippen molar-refractivity contribution in [3.05, 3.63) is 0 Å². The van der Waals surface area contributed by atoms with Crippen molar-refractivity contribution in [1.29, 1.82) is 0 Å². The largest absolute Gasteiger partial charge is 0.296 e. The highest BCUT2D eigenvalue weighted by molar-refractivity contribution is 4.88. The van der Waals surface area contributed by atoms with E-state index in [1.54, 1.807) is 0 Å². The number of rotatable bonds is 0. The van der Waals surface area contributed by atoms with Gasteiger partial charge in [0.1, 0.15) is 0 Å². The summed E-state index contributed by atoms with van der Waals surface area (Å²) in [6.07, 6.45) is 0. The normalized spacial score (nSPS) is 22.7. The van der Waals surface area contributed by atoms with E-state index in [-0.39, 0.29) is 0 Å². The Morgan fingerprint density at radius 3 is 0.310 bits per heavy atom. The monoisotopic (exact) mass is 595 g/mol. The van der Waals surface area contributed by atoms with Crippen LogP contribution in [0, 0.1) is 0 Å². The van der Waals surface area contributed by atoms with Gasteiger partial charge in [0.25, 0.3) is 0 Å². The van der Waals surface area contributed by atoms with Gasteiger partial charge in [0, 0.05) is 112 Å². The Balaban J connectivity index is 0.000000315. The van der Waals surface area contributed by atoms with Gasteiger partial charge in [-0.3, -0.25) is 29.4 Å². The summed E-state index contributed by atoms with van der Waals surface area (Å²) >= 11 is 0. The fourth-order valence-corrected chi connectivity index (χ4v) is 6.14. The van der Waals surface area contributed by atoms with Crippen LogP contribution in [0.4, 0.5) is 0 Å². The first-order valence-corrected chi connectivity index (χ1v) is 17.1. The van der Waals surface area contributed by atoms with E-state index in [0.717, 1.165) is 0 Å². The molecule has 0 unspecified atom stereocenters. The van der Waals surface area contributed by atoms with E-state index < -0.39 is 0 Å². The maximum atomic E-state index is 2.58. The lowest BCUT2D eigenvalue weighted by molar-refractivity contribution is 0.0211. The van der Waals surface area contributed by atoms with E-state index in [4.69, 9.17) is 0 Å². The van der Waals surface area contributed by atoms with Crippen LogP contribution in [-0.2, 0) is 0 Å². The molecule has 0 saturated carbocycles. The Morgan fingerprint density at radius 2 is 0.262 bits per heavy atom. The second-order valence-corrected chi connectivity index (χ2v) is 18.9. The van der Waals surface area contributed by atoms with E-state index in [2.05, 4.69) is 154 Å². The Kier molecular flexibility index (Phi) is 14.1. The summed E-state index contributed by atoms with van der Waals surface area (Å²) in [7, 11) is 0. The number of hydrogen-bond donors (Lipinski definition) is 0. The summed E-state index contributed by atoms with van der Waals surface area (Å²) in [5, 5.41) is 0. The van der Waals surface area contributed by atoms with Crippen molar-refractivity contribution in [2.24, 2.45) is 0 Å². The molecule has 0 aromatic heterocycles. The predicted octanol–water partition coefficient (Wildman–Crippen LogP) is 6.60. The fraction of sp³-hybridized carbons (Fsp3) is 1.00. The molecule has 3 aliphatic heterocycles. The summed E-state index contributed by atoms with van der Waals surface area (Å²) in [5.41, 5.74) is 2.02. The Morgan fingerprint density at radius 1 is 0.190 bits per heavy atom. The lowest BCUT2D eigenvalue weighted by atomic mass is 10.0. The zero-order valence-electron chi connectivity index (χ0n) is 32.2. The van der Waals surface area contributed by atoms with E-state index in [1.807, 2.05) is 0 Å². The summed E-state index contributed by atoms with van der Waals surface area (Å²) in [6.45, 7) is 56.0. The second-order valence-electron chi connectivity index (χ2n) is 18.9. The van der Waals surface area contributed by atoms with Crippen molar-refractivity contribution in [2.75, 3.05) is 78.5 Å². The van der Waals surface area contributed by atoms with Crippen molar-refractivity contribution in [3.63, 3.8) is 0 Å². The van der Waals surface area contributed by atoms with E-state index in [0.29, 0.717) is 33.2 Å². The van der Waals surface area contributed by atoms with Gasteiger partial charge in [-0.25, -0.2) is 0 Å². The highest BCUT2D eigenvalue weighted by Gasteiger charge is 2.32. The molecular formula is C36H78N6. The molecule has 42 heavy (non-hydrogen) atoms. The molecule has 252 valence electrons. The van der Waals surface area contributed by atoms with Gasteiger partial charge in [0.15, 0.2) is 0 Å². The summed E-state index contributed by atoms with van der Waals surface area (Å²) in [6, 6.07) is 0. The van der Waals surface area contributed by atoms with Gasteiger partial charge in [-0.05, 0) is 125 Å². The topological polar surface area (TPSA) is 19.4 Å². The Bertz CT molecular complexity index is 571.